The predicted molar refractivity (Wildman–Crippen MR) is 61.5 cm³/mol. The maximum Gasteiger partial charge on any atom is 0.199 e. The van der Waals surface area contributed by atoms with Crippen molar-refractivity contribution in [3.05, 3.63) is 30.2 Å². The molecule has 1 atom stereocenters. The zero-order chi connectivity index (χ0) is 9.38. The predicted octanol–water partition coefficient (Wildman–Crippen LogP) is 2.33. The number of nitrogens with zero attached hydrogens (tertiary/aromatic N) is 1. The minimum absolute atomic E-state index is 0. The molecular weight excluding hydrogens is 212 g/mol. The van der Waals surface area contributed by atoms with Gasteiger partial charge in [0.2, 0.25) is 0 Å². The van der Waals surface area contributed by atoms with Crippen molar-refractivity contribution < 1.29 is 4.42 Å². The maximum atomic E-state index is 5.70. The van der Waals surface area contributed by atoms with E-state index in [1.54, 1.807) is 0 Å². The van der Waals surface area contributed by atoms with E-state index in [1.807, 2.05) is 24.3 Å². The molecule has 1 aromatic carbocycles. The van der Waals surface area contributed by atoms with E-state index >= 15 is 0 Å². The molecule has 0 amide bonds. The summed E-state index contributed by atoms with van der Waals surface area (Å²) in [5, 5.41) is 3.32. The minimum atomic E-state index is 0. The Balaban J connectivity index is 0.000000853. The summed E-state index contributed by atoms with van der Waals surface area (Å²) in [7, 11) is 0. The summed E-state index contributed by atoms with van der Waals surface area (Å²) >= 11 is 0. The molecule has 4 heteroatoms. The third kappa shape index (κ3) is 1.85. The standard InChI is InChI=1S/C11H12N2O.ClH/c1-2-4-10-9(3-1)13-11(14-10)8-5-6-12-7-8;/h1-4,8,12H,5-7H2;1H. The van der Waals surface area contributed by atoms with Gasteiger partial charge in [0.1, 0.15) is 5.52 Å². The van der Waals surface area contributed by atoms with Gasteiger partial charge in [-0.3, -0.25) is 0 Å². The average molecular weight is 225 g/mol. The second kappa shape index (κ2) is 4.21. The first-order chi connectivity index (χ1) is 6.93. The van der Waals surface area contributed by atoms with Crippen LogP contribution in [0.25, 0.3) is 11.1 Å². The molecule has 0 aliphatic carbocycles. The van der Waals surface area contributed by atoms with E-state index in [1.165, 1.54) is 0 Å². The highest BCUT2D eigenvalue weighted by Gasteiger charge is 2.21. The van der Waals surface area contributed by atoms with Crippen LogP contribution in [0.15, 0.2) is 28.7 Å². The Hall–Kier alpha value is -1.06. The molecule has 0 radical (unpaired) electrons. The monoisotopic (exact) mass is 224 g/mol. The van der Waals surface area contributed by atoms with Gasteiger partial charge < -0.3 is 9.73 Å². The van der Waals surface area contributed by atoms with Crippen molar-refractivity contribution in [1.82, 2.24) is 10.3 Å². The number of halogens is 1. The Labute approximate surface area is 94.3 Å². The SMILES string of the molecule is Cl.c1ccc2oc(C3CCNC3)nc2c1. The molecule has 0 spiro atoms. The molecule has 0 saturated carbocycles. The van der Waals surface area contributed by atoms with Crippen LogP contribution in [0.4, 0.5) is 0 Å². The summed E-state index contributed by atoms with van der Waals surface area (Å²) in [6, 6.07) is 7.92. The van der Waals surface area contributed by atoms with Gasteiger partial charge in [0, 0.05) is 12.5 Å². The van der Waals surface area contributed by atoms with Crippen molar-refractivity contribution in [1.29, 1.82) is 0 Å². The topological polar surface area (TPSA) is 38.1 Å². The number of rotatable bonds is 1. The summed E-state index contributed by atoms with van der Waals surface area (Å²) in [6.07, 6.45) is 1.13. The van der Waals surface area contributed by atoms with Crippen LogP contribution in [0.5, 0.6) is 0 Å². The Kier molecular flexibility index (Phi) is 2.93. The van der Waals surface area contributed by atoms with E-state index < -0.39 is 0 Å². The number of nitrogens with one attached hydrogen (secondary N) is 1. The van der Waals surface area contributed by atoms with Gasteiger partial charge in [-0.15, -0.1) is 12.4 Å². The molecule has 1 saturated heterocycles. The van der Waals surface area contributed by atoms with Crippen molar-refractivity contribution in [3.8, 4) is 0 Å². The van der Waals surface area contributed by atoms with Gasteiger partial charge in [0.25, 0.3) is 0 Å². The summed E-state index contributed by atoms with van der Waals surface area (Å²) in [4.78, 5) is 4.49. The number of oxazole rings is 1. The van der Waals surface area contributed by atoms with Gasteiger partial charge in [0.05, 0.1) is 0 Å². The van der Waals surface area contributed by atoms with Gasteiger partial charge in [-0.2, -0.15) is 0 Å². The van der Waals surface area contributed by atoms with Crippen LogP contribution < -0.4 is 5.32 Å². The fourth-order valence-electron chi connectivity index (χ4n) is 1.93. The molecule has 1 aliphatic heterocycles. The van der Waals surface area contributed by atoms with Crippen LogP contribution in [-0.4, -0.2) is 18.1 Å². The first kappa shape index (κ1) is 10.5. The molecule has 1 fully saturated rings. The minimum Gasteiger partial charge on any atom is -0.440 e. The lowest BCUT2D eigenvalue weighted by atomic mass is 10.1. The molecule has 3 rings (SSSR count). The maximum absolute atomic E-state index is 5.70. The third-order valence-electron chi connectivity index (χ3n) is 2.72. The number of hydrogen-bond donors (Lipinski definition) is 1. The molecule has 1 N–H and O–H groups in total. The summed E-state index contributed by atoms with van der Waals surface area (Å²) < 4.78 is 5.70. The molecule has 0 bridgehead atoms. The molecule has 2 aromatic rings. The van der Waals surface area contributed by atoms with Crippen LogP contribution in [0, 0.1) is 0 Å². The quantitative estimate of drug-likeness (QED) is 0.808. The third-order valence-corrected chi connectivity index (χ3v) is 2.72. The lowest BCUT2D eigenvalue weighted by Crippen LogP contribution is -2.07. The highest BCUT2D eigenvalue weighted by Crippen LogP contribution is 2.25. The highest BCUT2D eigenvalue weighted by molar-refractivity contribution is 5.85. The van der Waals surface area contributed by atoms with E-state index in [2.05, 4.69) is 10.3 Å². The first-order valence-corrected chi connectivity index (χ1v) is 5.00. The Morgan fingerprint density at radius 2 is 2.20 bits per heavy atom. The molecule has 80 valence electrons. The smallest absolute Gasteiger partial charge is 0.199 e. The van der Waals surface area contributed by atoms with Crippen molar-refractivity contribution in [2.45, 2.75) is 12.3 Å². The molecule has 1 unspecified atom stereocenters. The van der Waals surface area contributed by atoms with E-state index in [4.69, 9.17) is 4.42 Å². The first-order valence-electron chi connectivity index (χ1n) is 5.00. The van der Waals surface area contributed by atoms with Crippen LogP contribution >= 0.6 is 12.4 Å². The normalized spacial score (nSPS) is 20.4. The Morgan fingerprint density at radius 3 is 2.93 bits per heavy atom. The second-order valence-corrected chi connectivity index (χ2v) is 3.71. The summed E-state index contributed by atoms with van der Waals surface area (Å²) in [6.45, 7) is 2.07. The number of aromatic nitrogens is 1. The molecule has 15 heavy (non-hydrogen) atoms. The van der Waals surface area contributed by atoms with Gasteiger partial charge in [0.15, 0.2) is 11.5 Å². The van der Waals surface area contributed by atoms with Gasteiger partial charge in [-0.05, 0) is 25.1 Å². The van der Waals surface area contributed by atoms with Crippen molar-refractivity contribution >= 4 is 23.5 Å². The number of hydrogen-bond acceptors (Lipinski definition) is 3. The van der Waals surface area contributed by atoms with E-state index in [9.17, 15) is 0 Å². The van der Waals surface area contributed by atoms with Crippen molar-refractivity contribution in [2.24, 2.45) is 0 Å². The molecular formula is C11H13ClN2O. The van der Waals surface area contributed by atoms with E-state index in [-0.39, 0.29) is 12.4 Å². The molecule has 3 nitrogen and oxygen atoms in total. The molecule has 2 heterocycles. The fraction of sp³-hybridized carbons (Fsp3) is 0.364. The summed E-state index contributed by atoms with van der Waals surface area (Å²) in [5.41, 5.74) is 1.86. The van der Waals surface area contributed by atoms with Crippen LogP contribution in [-0.2, 0) is 0 Å². The van der Waals surface area contributed by atoms with Crippen LogP contribution in [0.1, 0.15) is 18.2 Å². The molecule has 1 aliphatic rings. The largest absolute Gasteiger partial charge is 0.440 e. The van der Waals surface area contributed by atoms with Gasteiger partial charge in [-0.1, -0.05) is 12.1 Å². The zero-order valence-corrected chi connectivity index (χ0v) is 9.09. The molecule has 1 aromatic heterocycles. The van der Waals surface area contributed by atoms with E-state index in [0.29, 0.717) is 5.92 Å². The fourth-order valence-corrected chi connectivity index (χ4v) is 1.93. The number of fused-ring (bicyclic) bond motifs is 1. The average Bonchev–Trinajstić information content (AvgIpc) is 2.86. The second-order valence-electron chi connectivity index (χ2n) is 3.71. The Bertz CT molecular complexity index is 416. The lowest BCUT2D eigenvalue weighted by molar-refractivity contribution is 0.485. The Morgan fingerprint density at radius 1 is 1.33 bits per heavy atom. The van der Waals surface area contributed by atoms with E-state index in [0.717, 1.165) is 36.5 Å². The van der Waals surface area contributed by atoms with Crippen molar-refractivity contribution in [3.63, 3.8) is 0 Å². The van der Waals surface area contributed by atoms with Gasteiger partial charge >= 0.3 is 0 Å². The van der Waals surface area contributed by atoms with Crippen LogP contribution in [0.3, 0.4) is 0 Å². The van der Waals surface area contributed by atoms with Crippen molar-refractivity contribution in [2.75, 3.05) is 13.1 Å². The lowest BCUT2D eigenvalue weighted by Gasteiger charge is -1.99. The zero-order valence-electron chi connectivity index (χ0n) is 8.27. The van der Waals surface area contributed by atoms with Gasteiger partial charge in [-0.25, -0.2) is 4.98 Å². The highest BCUT2D eigenvalue weighted by atomic mass is 35.5. The number of benzene rings is 1. The van der Waals surface area contributed by atoms with Crippen LogP contribution in [0.2, 0.25) is 0 Å². The number of para-hydroxylation sites is 2. The summed E-state index contributed by atoms with van der Waals surface area (Å²) in [5.74, 6) is 1.35.